The smallest absolute Gasteiger partial charge is 0.337 e. The number of hydrogen-bond acceptors (Lipinski definition) is 5. The Morgan fingerprint density at radius 2 is 1.93 bits per heavy atom. The Kier molecular flexibility index (Phi) is 5.37. The minimum absolute atomic E-state index is 0.323. The summed E-state index contributed by atoms with van der Waals surface area (Å²) in [6.45, 7) is 2.83. The molecule has 0 radical (unpaired) electrons. The SMILES string of the molecule is COC(=O)c1ccc2c(c1)c(CCc1ccc(C)cc1)cn2CCc1nn[nH]n1. The number of esters is 1. The Morgan fingerprint density at radius 1 is 1.10 bits per heavy atom. The predicted octanol–water partition coefficient (Wildman–Crippen LogP) is 3.28. The van der Waals surface area contributed by atoms with E-state index in [9.17, 15) is 4.79 Å². The molecule has 0 atom stereocenters. The van der Waals surface area contributed by atoms with Crippen molar-refractivity contribution in [2.45, 2.75) is 32.7 Å². The van der Waals surface area contributed by atoms with Crippen molar-refractivity contribution in [3.05, 3.63) is 76.7 Å². The molecule has 2 aromatic carbocycles. The number of H-pyrrole nitrogens is 1. The third kappa shape index (κ3) is 4.18. The van der Waals surface area contributed by atoms with Gasteiger partial charge >= 0.3 is 5.97 Å². The average molecular weight is 389 g/mol. The van der Waals surface area contributed by atoms with Crippen LogP contribution in [-0.2, 0) is 30.5 Å². The molecular formula is C22H23N5O2. The first-order valence-electron chi connectivity index (χ1n) is 9.62. The van der Waals surface area contributed by atoms with E-state index in [0.29, 0.717) is 17.8 Å². The summed E-state index contributed by atoms with van der Waals surface area (Å²) in [5.41, 5.74) is 5.41. The fourth-order valence-corrected chi connectivity index (χ4v) is 3.54. The summed E-state index contributed by atoms with van der Waals surface area (Å²) in [5.74, 6) is 0.357. The van der Waals surface area contributed by atoms with E-state index in [0.717, 1.165) is 30.3 Å². The quantitative estimate of drug-likeness (QED) is 0.490. The summed E-state index contributed by atoms with van der Waals surface area (Å²) < 4.78 is 7.09. The fourth-order valence-electron chi connectivity index (χ4n) is 3.54. The van der Waals surface area contributed by atoms with Crippen molar-refractivity contribution in [1.82, 2.24) is 25.2 Å². The van der Waals surface area contributed by atoms with Gasteiger partial charge in [0, 0.05) is 30.1 Å². The number of nitrogens with zero attached hydrogens (tertiary/aromatic N) is 4. The standard InChI is InChI=1S/C22H23N5O2/c1-15-3-5-16(6-4-15)7-8-18-14-27(12-11-21-23-25-26-24-21)20-10-9-17(13-19(18)20)22(28)29-2/h3-6,9-10,13-14H,7-8,11-12H2,1-2H3,(H,23,24,25,26). The molecule has 0 aliphatic rings. The fraction of sp³-hybridized carbons (Fsp3) is 0.273. The summed E-state index contributed by atoms with van der Waals surface area (Å²) in [6.07, 6.45) is 4.67. The van der Waals surface area contributed by atoms with Crippen LogP contribution in [0.25, 0.3) is 10.9 Å². The van der Waals surface area contributed by atoms with Crippen LogP contribution in [0, 0.1) is 6.92 Å². The van der Waals surface area contributed by atoms with E-state index < -0.39 is 0 Å². The highest BCUT2D eigenvalue weighted by molar-refractivity contribution is 5.96. The molecule has 0 saturated heterocycles. The highest BCUT2D eigenvalue weighted by Crippen LogP contribution is 2.25. The minimum Gasteiger partial charge on any atom is -0.465 e. The van der Waals surface area contributed by atoms with Crippen molar-refractivity contribution >= 4 is 16.9 Å². The molecule has 2 heterocycles. The first-order chi connectivity index (χ1) is 14.1. The van der Waals surface area contributed by atoms with E-state index in [1.54, 1.807) is 0 Å². The van der Waals surface area contributed by atoms with E-state index in [-0.39, 0.29) is 5.97 Å². The maximum Gasteiger partial charge on any atom is 0.337 e. The molecule has 0 fully saturated rings. The number of carbonyl (C=O) groups excluding carboxylic acids is 1. The van der Waals surface area contributed by atoms with E-state index in [2.05, 4.69) is 62.6 Å². The van der Waals surface area contributed by atoms with Gasteiger partial charge in [-0.1, -0.05) is 35.0 Å². The van der Waals surface area contributed by atoms with Crippen LogP contribution in [0.3, 0.4) is 0 Å². The van der Waals surface area contributed by atoms with Gasteiger partial charge in [0.25, 0.3) is 0 Å². The molecule has 0 aliphatic heterocycles. The molecule has 0 spiro atoms. The van der Waals surface area contributed by atoms with Crippen LogP contribution in [0.5, 0.6) is 0 Å². The monoisotopic (exact) mass is 389 g/mol. The number of nitrogens with one attached hydrogen (secondary N) is 1. The second-order valence-corrected chi connectivity index (χ2v) is 7.13. The Hall–Kier alpha value is -3.48. The molecule has 0 saturated carbocycles. The van der Waals surface area contributed by atoms with Crippen LogP contribution in [0.1, 0.15) is 32.9 Å². The highest BCUT2D eigenvalue weighted by atomic mass is 16.5. The number of ether oxygens (including phenoxy) is 1. The van der Waals surface area contributed by atoms with Gasteiger partial charge < -0.3 is 9.30 Å². The molecule has 148 valence electrons. The first-order valence-corrected chi connectivity index (χ1v) is 9.62. The van der Waals surface area contributed by atoms with E-state index in [1.807, 2.05) is 18.2 Å². The van der Waals surface area contributed by atoms with E-state index in [1.165, 1.54) is 23.8 Å². The van der Waals surface area contributed by atoms with Gasteiger partial charge in [-0.25, -0.2) is 4.79 Å². The molecule has 7 nitrogen and oxygen atoms in total. The summed E-state index contributed by atoms with van der Waals surface area (Å²) in [5, 5.41) is 15.2. The van der Waals surface area contributed by atoms with Crippen molar-refractivity contribution in [2.75, 3.05) is 7.11 Å². The zero-order valence-electron chi connectivity index (χ0n) is 16.6. The second kappa shape index (κ2) is 8.26. The van der Waals surface area contributed by atoms with Crippen LogP contribution < -0.4 is 0 Å². The number of fused-ring (bicyclic) bond motifs is 1. The van der Waals surface area contributed by atoms with E-state index >= 15 is 0 Å². The van der Waals surface area contributed by atoms with Crippen molar-refractivity contribution in [1.29, 1.82) is 0 Å². The number of benzene rings is 2. The Labute approximate surface area is 168 Å². The van der Waals surface area contributed by atoms with Gasteiger partial charge in [0.1, 0.15) is 0 Å². The number of rotatable bonds is 7. The summed E-state index contributed by atoms with van der Waals surface area (Å²) in [7, 11) is 1.40. The number of tetrazole rings is 1. The van der Waals surface area contributed by atoms with Crippen molar-refractivity contribution in [3.63, 3.8) is 0 Å². The van der Waals surface area contributed by atoms with E-state index in [4.69, 9.17) is 4.74 Å². The van der Waals surface area contributed by atoms with Crippen LogP contribution in [0.15, 0.2) is 48.7 Å². The average Bonchev–Trinajstić information content (AvgIpc) is 3.39. The normalized spacial score (nSPS) is 11.1. The number of aromatic nitrogens is 5. The minimum atomic E-state index is -0.323. The topological polar surface area (TPSA) is 85.7 Å². The van der Waals surface area contributed by atoms with Gasteiger partial charge in [-0.05, 0) is 49.1 Å². The lowest BCUT2D eigenvalue weighted by atomic mass is 10.0. The number of aryl methyl sites for hydroxylation is 5. The first kappa shape index (κ1) is 18.9. The van der Waals surface area contributed by atoms with Gasteiger partial charge in [0.15, 0.2) is 5.82 Å². The zero-order chi connectivity index (χ0) is 20.2. The molecular weight excluding hydrogens is 366 g/mol. The maximum absolute atomic E-state index is 12.0. The Balaban J connectivity index is 1.64. The van der Waals surface area contributed by atoms with Crippen LogP contribution in [-0.4, -0.2) is 38.3 Å². The lowest BCUT2D eigenvalue weighted by molar-refractivity contribution is 0.0601. The highest BCUT2D eigenvalue weighted by Gasteiger charge is 2.13. The van der Waals surface area contributed by atoms with Crippen molar-refractivity contribution < 1.29 is 9.53 Å². The Bertz CT molecular complexity index is 1110. The summed E-state index contributed by atoms with van der Waals surface area (Å²) in [4.78, 5) is 12.0. The van der Waals surface area contributed by atoms with Crippen LogP contribution in [0.4, 0.5) is 0 Å². The number of methoxy groups -OCH3 is 1. The summed E-state index contributed by atoms with van der Waals surface area (Å²) >= 11 is 0. The van der Waals surface area contributed by atoms with Crippen molar-refractivity contribution in [3.8, 4) is 0 Å². The summed E-state index contributed by atoms with van der Waals surface area (Å²) in [6, 6.07) is 14.3. The van der Waals surface area contributed by atoms with Gasteiger partial charge in [0.05, 0.1) is 12.7 Å². The molecule has 2 aromatic heterocycles. The van der Waals surface area contributed by atoms with Crippen LogP contribution >= 0.6 is 0 Å². The number of aromatic amines is 1. The zero-order valence-corrected chi connectivity index (χ0v) is 16.6. The third-order valence-electron chi connectivity index (χ3n) is 5.15. The molecule has 0 unspecified atom stereocenters. The molecule has 29 heavy (non-hydrogen) atoms. The largest absolute Gasteiger partial charge is 0.465 e. The molecule has 0 bridgehead atoms. The van der Waals surface area contributed by atoms with Gasteiger partial charge in [-0.3, -0.25) is 0 Å². The van der Waals surface area contributed by atoms with Crippen LogP contribution in [0.2, 0.25) is 0 Å². The third-order valence-corrected chi connectivity index (χ3v) is 5.15. The molecule has 7 heteroatoms. The lowest BCUT2D eigenvalue weighted by Crippen LogP contribution is -2.03. The van der Waals surface area contributed by atoms with Gasteiger partial charge in [0.2, 0.25) is 0 Å². The predicted molar refractivity (Wildman–Crippen MR) is 110 cm³/mol. The second-order valence-electron chi connectivity index (χ2n) is 7.13. The number of hydrogen-bond donors (Lipinski definition) is 1. The molecule has 1 N–H and O–H groups in total. The Morgan fingerprint density at radius 3 is 2.66 bits per heavy atom. The number of carbonyl (C=O) groups is 1. The van der Waals surface area contributed by atoms with Gasteiger partial charge in [-0.15, -0.1) is 10.2 Å². The van der Waals surface area contributed by atoms with Gasteiger partial charge in [-0.2, -0.15) is 5.21 Å². The van der Waals surface area contributed by atoms with Crippen molar-refractivity contribution in [2.24, 2.45) is 0 Å². The maximum atomic E-state index is 12.0. The molecule has 4 aromatic rings. The molecule has 0 amide bonds. The molecule has 4 rings (SSSR count). The molecule has 0 aliphatic carbocycles. The lowest BCUT2D eigenvalue weighted by Gasteiger charge is -2.04.